The molecule has 2 aromatic carbocycles. The molecule has 1 saturated heterocycles. The lowest BCUT2D eigenvalue weighted by Gasteiger charge is -2.32. The monoisotopic (exact) mass is 647 g/mol. The first kappa shape index (κ1) is 34.0. The number of amides is 3. The van der Waals surface area contributed by atoms with Gasteiger partial charge in [-0.3, -0.25) is 9.69 Å². The lowest BCUT2D eigenvalue weighted by Crippen LogP contribution is -2.46. The van der Waals surface area contributed by atoms with Gasteiger partial charge in [0.1, 0.15) is 17.2 Å². The van der Waals surface area contributed by atoms with Crippen molar-refractivity contribution in [2.24, 2.45) is 0 Å². The Morgan fingerprint density at radius 2 is 1.56 bits per heavy atom. The quantitative estimate of drug-likeness (QED) is 0.313. The number of ether oxygens (including phenoxy) is 3. The highest BCUT2D eigenvalue weighted by Crippen LogP contribution is 2.32. The van der Waals surface area contributed by atoms with E-state index in [0.717, 1.165) is 44.4 Å². The predicted octanol–water partition coefficient (Wildman–Crippen LogP) is 4.97. The predicted molar refractivity (Wildman–Crippen MR) is 151 cm³/mol. The summed E-state index contributed by atoms with van der Waals surface area (Å²) in [5, 5.41) is 7.91. The van der Waals surface area contributed by atoms with E-state index in [0.29, 0.717) is 32.2 Å². The smallest absolute Gasteiger partial charge is 0.490 e. The summed E-state index contributed by atoms with van der Waals surface area (Å²) in [6.07, 6.45) is -8.19. The number of carbonyl (C=O) groups excluding carboxylic acids is 2. The van der Waals surface area contributed by atoms with E-state index in [4.69, 9.17) is 4.74 Å². The van der Waals surface area contributed by atoms with Crippen molar-refractivity contribution in [1.82, 2.24) is 20.4 Å². The zero-order valence-corrected chi connectivity index (χ0v) is 24.5. The van der Waals surface area contributed by atoms with Crippen molar-refractivity contribution in [3.8, 4) is 17.2 Å². The first-order valence-corrected chi connectivity index (χ1v) is 14.4. The molecule has 0 aromatic heterocycles. The van der Waals surface area contributed by atoms with Gasteiger partial charge in [-0.2, -0.15) is 0 Å². The van der Waals surface area contributed by atoms with Crippen molar-refractivity contribution in [3.63, 3.8) is 0 Å². The minimum atomic E-state index is -4.99. The van der Waals surface area contributed by atoms with Gasteiger partial charge in [-0.1, -0.05) is 6.07 Å². The van der Waals surface area contributed by atoms with Crippen LogP contribution in [-0.4, -0.2) is 92.9 Å². The molecule has 2 fully saturated rings. The maximum Gasteiger partial charge on any atom is 0.573 e. The number of benzene rings is 2. The second-order valence-electron chi connectivity index (χ2n) is 10.9. The topological polar surface area (TPSA) is 104 Å². The van der Waals surface area contributed by atoms with E-state index in [9.17, 15) is 35.9 Å². The van der Waals surface area contributed by atoms with E-state index in [1.165, 1.54) is 24.3 Å². The zero-order valence-electron chi connectivity index (χ0n) is 24.5. The number of rotatable bonds is 10. The largest absolute Gasteiger partial charge is 0.573 e. The fourth-order valence-electron chi connectivity index (χ4n) is 5.11. The van der Waals surface area contributed by atoms with Gasteiger partial charge in [-0.05, 0) is 63.1 Å². The molecule has 2 aromatic rings. The molecular weight excluding hydrogens is 612 g/mol. The molecule has 0 bridgehead atoms. The summed E-state index contributed by atoms with van der Waals surface area (Å²) in [6, 6.07) is 7.60. The van der Waals surface area contributed by atoms with Crippen LogP contribution in [-0.2, 0) is 0 Å². The van der Waals surface area contributed by atoms with Crippen LogP contribution in [0, 0.1) is 0 Å². The third-order valence-electron chi connectivity index (χ3n) is 7.37. The molecule has 0 radical (unpaired) electrons. The normalized spacial score (nSPS) is 19.8. The summed E-state index contributed by atoms with van der Waals surface area (Å²) in [5.41, 5.74) is -0.191. The summed E-state index contributed by atoms with van der Waals surface area (Å²) in [4.78, 5) is 29.7. The molecule has 3 N–H and O–H groups in total. The number of halogens is 6. The average Bonchev–Trinajstić information content (AvgIpc) is 2.94. The van der Waals surface area contributed by atoms with Crippen LogP contribution in [0.4, 0.5) is 36.8 Å². The molecule has 45 heavy (non-hydrogen) atoms. The Labute approximate surface area is 256 Å². The Hall–Kier alpha value is -3.92. The number of likely N-dealkylation sites (N-methyl/N-ethyl adjacent to an activating group) is 1. The number of nitrogens with one attached hydrogen (secondary N) is 3. The SMILES string of the molecule is CN1CCN(CCNC(=O)c2cc(OC3CCC(NC(=O)Nc4cccc(OC(F)(F)F)c4)CC3)ccc2OC(F)(F)F)CC1. The minimum Gasteiger partial charge on any atom is -0.490 e. The molecule has 3 amide bonds. The highest BCUT2D eigenvalue weighted by Gasteiger charge is 2.34. The summed E-state index contributed by atoms with van der Waals surface area (Å²) in [5.74, 6) is -1.63. The minimum absolute atomic E-state index is 0.114. The highest BCUT2D eigenvalue weighted by atomic mass is 19.4. The third kappa shape index (κ3) is 11.5. The van der Waals surface area contributed by atoms with Crippen LogP contribution < -0.4 is 30.2 Å². The number of urea groups is 1. The van der Waals surface area contributed by atoms with Gasteiger partial charge in [-0.25, -0.2) is 4.79 Å². The van der Waals surface area contributed by atoms with Gasteiger partial charge in [0.05, 0.1) is 11.7 Å². The molecule has 16 heteroatoms. The van der Waals surface area contributed by atoms with E-state index in [1.54, 1.807) is 0 Å². The Morgan fingerprint density at radius 3 is 2.22 bits per heavy atom. The maximum atomic E-state index is 13.0. The van der Waals surface area contributed by atoms with Crippen LogP contribution in [0.2, 0.25) is 0 Å². The molecule has 0 atom stereocenters. The molecule has 0 spiro atoms. The van der Waals surface area contributed by atoms with Gasteiger partial charge >= 0.3 is 18.8 Å². The number of carbonyl (C=O) groups is 2. The second-order valence-corrected chi connectivity index (χ2v) is 10.9. The summed E-state index contributed by atoms with van der Waals surface area (Å²) >= 11 is 0. The molecule has 1 aliphatic carbocycles. The van der Waals surface area contributed by atoms with E-state index in [1.807, 2.05) is 7.05 Å². The van der Waals surface area contributed by atoms with Crippen LogP contribution in [0.25, 0.3) is 0 Å². The van der Waals surface area contributed by atoms with Crippen molar-refractivity contribution in [3.05, 3.63) is 48.0 Å². The van der Waals surface area contributed by atoms with Crippen molar-refractivity contribution < 1.29 is 50.1 Å². The van der Waals surface area contributed by atoms with E-state index < -0.39 is 36.2 Å². The van der Waals surface area contributed by atoms with Crippen LogP contribution in [0.15, 0.2) is 42.5 Å². The summed E-state index contributed by atoms with van der Waals surface area (Å²) in [7, 11) is 2.02. The van der Waals surface area contributed by atoms with E-state index >= 15 is 0 Å². The number of alkyl halides is 6. The molecule has 4 rings (SSSR count). The zero-order chi connectivity index (χ0) is 32.6. The molecule has 248 valence electrons. The van der Waals surface area contributed by atoms with Crippen molar-refractivity contribution >= 4 is 17.6 Å². The van der Waals surface area contributed by atoms with Crippen LogP contribution >= 0.6 is 0 Å². The van der Waals surface area contributed by atoms with E-state index in [-0.39, 0.29) is 35.7 Å². The molecule has 10 nitrogen and oxygen atoms in total. The standard InChI is InChI=1S/C29H35F6N5O5/c1-39-13-15-40(16-14-39)12-11-36-26(41)24-18-22(9-10-25(24)45-29(33,34)35)43-21-7-5-19(6-8-21)37-27(42)38-20-3-2-4-23(17-20)44-28(30,31)32/h2-4,9-10,17-19,21H,5-8,11-16H2,1H3,(H,36,41)(H2,37,38,42). The lowest BCUT2D eigenvalue weighted by atomic mass is 9.93. The Morgan fingerprint density at radius 1 is 0.867 bits per heavy atom. The first-order valence-electron chi connectivity index (χ1n) is 14.4. The van der Waals surface area contributed by atoms with Crippen molar-refractivity contribution in [2.75, 3.05) is 51.6 Å². The average molecular weight is 648 g/mol. The molecule has 1 aliphatic heterocycles. The van der Waals surface area contributed by atoms with Gasteiger partial charge in [0.25, 0.3) is 5.91 Å². The Balaban J connectivity index is 1.28. The number of piperazine rings is 1. The number of anilines is 1. The van der Waals surface area contributed by atoms with Gasteiger partial charge < -0.3 is 35.1 Å². The van der Waals surface area contributed by atoms with Crippen molar-refractivity contribution in [2.45, 2.75) is 50.6 Å². The number of nitrogens with zero attached hydrogens (tertiary/aromatic N) is 2. The first-order chi connectivity index (χ1) is 21.2. The third-order valence-corrected chi connectivity index (χ3v) is 7.37. The van der Waals surface area contributed by atoms with Crippen LogP contribution in [0.3, 0.4) is 0 Å². The van der Waals surface area contributed by atoms with Crippen LogP contribution in [0.5, 0.6) is 17.2 Å². The number of hydrogen-bond acceptors (Lipinski definition) is 7. The Kier molecular flexibility index (Phi) is 11.3. The molecular formula is C29H35F6N5O5. The lowest BCUT2D eigenvalue weighted by molar-refractivity contribution is -0.275. The highest BCUT2D eigenvalue weighted by molar-refractivity contribution is 5.97. The molecule has 1 heterocycles. The summed E-state index contributed by atoms with van der Waals surface area (Å²) < 4.78 is 90.4. The van der Waals surface area contributed by atoms with Gasteiger partial charge in [0.2, 0.25) is 0 Å². The molecule has 2 aliphatic rings. The fourth-order valence-corrected chi connectivity index (χ4v) is 5.11. The van der Waals surface area contributed by atoms with Gasteiger partial charge in [-0.15, -0.1) is 26.3 Å². The molecule has 1 saturated carbocycles. The van der Waals surface area contributed by atoms with Crippen molar-refractivity contribution in [1.29, 1.82) is 0 Å². The van der Waals surface area contributed by atoms with E-state index in [2.05, 4.69) is 35.2 Å². The second kappa shape index (κ2) is 14.9. The summed E-state index contributed by atoms with van der Waals surface area (Å²) in [6.45, 7) is 4.24. The number of hydrogen-bond donors (Lipinski definition) is 3. The fraction of sp³-hybridized carbons (Fsp3) is 0.517. The van der Waals surface area contributed by atoms with Gasteiger partial charge in [0.15, 0.2) is 0 Å². The van der Waals surface area contributed by atoms with Gasteiger partial charge in [0, 0.05) is 57.1 Å². The van der Waals surface area contributed by atoms with Crippen LogP contribution in [0.1, 0.15) is 36.0 Å². The Bertz CT molecular complexity index is 1300. The maximum absolute atomic E-state index is 13.0. The molecule has 0 unspecified atom stereocenters.